The zero-order chi connectivity index (χ0) is 15.3. The van der Waals surface area contributed by atoms with Gasteiger partial charge in [0, 0.05) is 32.4 Å². The summed E-state index contributed by atoms with van der Waals surface area (Å²) in [4.78, 5) is 4.58. The summed E-state index contributed by atoms with van der Waals surface area (Å²) in [6, 6.07) is 8.35. The lowest BCUT2D eigenvalue weighted by atomic mass is 10.2. The smallest absolute Gasteiger partial charge is 0.191 e. The van der Waals surface area contributed by atoms with Gasteiger partial charge in [0.25, 0.3) is 0 Å². The summed E-state index contributed by atoms with van der Waals surface area (Å²) in [6.07, 6.45) is 1.09. The lowest BCUT2D eigenvalue weighted by Gasteiger charge is -2.10. The third kappa shape index (κ3) is 9.09. The van der Waals surface area contributed by atoms with E-state index in [1.165, 1.54) is 5.56 Å². The number of halogens is 1. The Morgan fingerprint density at radius 2 is 1.82 bits per heavy atom. The molecule has 0 amide bonds. The van der Waals surface area contributed by atoms with Crippen molar-refractivity contribution in [2.75, 3.05) is 38.7 Å². The number of benzene rings is 1. The Labute approximate surface area is 151 Å². The Balaban J connectivity index is 0.00000441. The van der Waals surface area contributed by atoms with Gasteiger partial charge in [-0.05, 0) is 31.0 Å². The minimum absolute atomic E-state index is 0. The van der Waals surface area contributed by atoms with Crippen LogP contribution in [-0.4, -0.2) is 39.3 Å². The molecule has 3 N–H and O–H groups in total. The topological polar surface area (TPSA) is 57.7 Å². The monoisotopic (exact) mass is 420 g/mol. The van der Waals surface area contributed by atoms with Crippen LogP contribution in [0.3, 0.4) is 0 Å². The Hall–Kier alpha value is -1.02. The molecule has 0 atom stereocenters. The molecule has 0 fully saturated rings. The van der Waals surface area contributed by atoms with E-state index in [0.29, 0.717) is 13.2 Å². The van der Waals surface area contributed by atoms with E-state index >= 15 is 0 Å². The van der Waals surface area contributed by atoms with Crippen LogP contribution >= 0.6 is 24.0 Å². The molecule has 0 bridgehead atoms. The average Bonchev–Trinajstić information content (AvgIpc) is 2.51. The molecule has 0 aliphatic rings. The summed E-state index contributed by atoms with van der Waals surface area (Å²) in [7, 11) is 1.71. The molecule has 0 spiro atoms. The van der Waals surface area contributed by atoms with Crippen molar-refractivity contribution in [2.45, 2.75) is 26.8 Å². The highest BCUT2D eigenvalue weighted by Gasteiger charge is 1.97. The van der Waals surface area contributed by atoms with Gasteiger partial charge in [-0.3, -0.25) is 0 Å². The van der Waals surface area contributed by atoms with E-state index in [-0.39, 0.29) is 24.0 Å². The van der Waals surface area contributed by atoms with Crippen LogP contribution < -0.4 is 16.0 Å². The molecule has 0 unspecified atom stereocenters. The van der Waals surface area contributed by atoms with E-state index < -0.39 is 0 Å². The molecule has 0 aliphatic carbocycles. The number of hydrogen-bond acceptors (Lipinski definition) is 3. The fourth-order valence-electron chi connectivity index (χ4n) is 1.78. The first-order valence-electron chi connectivity index (χ1n) is 7.64. The third-order valence-corrected chi connectivity index (χ3v) is 2.90. The summed E-state index contributed by atoms with van der Waals surface area (Å²) in [5.74, 6) is 0.877. The minimum Gasteiger partial charge on any atom is -0.383 e. The fourth-order valence-corrected chi connectivity index (χ4v) is 1.78. The van der Waals surface area contributed by atoms with Crippen LogP contribution in [0.1, 0.15) is 25.8 Å². The van der Waals surface area contributed by atoms with Gasteiger partial charge < -0.3 is 20.7 Å². The Kier molecular flexibility index (Phi) is 13.0. The lowest BCUT2D eigenvalue weighted by molar-refractivity contribution is 0.211. The van der Waals surface area contributed by atoms with Gasteiger partial charge in [-0.15, -0.1) is 24.0 Å². The number of hydrogen-bond donors (Lipinski definition) is 3. The van der Waals surface area contributed by atoms with Gasteiger partial charge in [0.05, 0.1) is 13.2 Å². The molecule has 5 nitrogen and oxygen atoms in total. The van der Waals surface area contributed by atoms with Crippen molar-refractivity contribution < 1.29 is 4.74 Å². The van der Waals surface area contributed by atoms with Crippen molar-refractivity contribution >= 4 is 35.6 Å². The number of nitrogens with one attached hydrogen (secondary N) is 3. The second-order valence-electron chi connectivity index (χ2n) is 4.74. The highest BCUT2D eigenvalue weighted by Crippen LogP contribution is 2.10. The summed E-state index contributed by atoms with van der Waals surface area (Å²) < 4.78 is 5.01. The molecule has 1 aromatic rings. The Morgan fingerprint density at radius 3 is 2.41 bits per heavy atom. The van der Waals surface area contributed by atoms with E-state index in [9.17, 15) is 0 Å². The second kappa shape index (κ2) is 13.6. The summed E-state index contributed by atoms with van der Waals surface area (Å²) in [6.45, 7) is 8.24. The van der Waals surface area contributed by atoms with Crippen molar-refractivity contribution in [2.24, 2.45) is 4.99 Å². The first-order valence-corrected chi connectivity index (χ1v) is 7.64. The molecule has 1 rings (SSSR count). The van der Waals surface area contributed by atoms with Gasteiger partial charge in [-0.2, -0.15) is 0 Å². The number of methoxy groups -OCH3 is 1. The maximum Gasteiger partial charge on any atom is 0.191 e. The zero-order valence-electron chi connectivity index (χ0n) is 13.8. The van der Waals surface area contributed by atoms with Gasteiger partial charge in [0.15, 0.2) is 5.96 Å². The largest absolute Gasteiger partial charge is 0.383 e. The van der Waals surface area contributed by atoms with E-state index in [1.807, 2.05) is 0 Å². The zero-order valence-corrected chi connectivity index (χ0v) is 16.1. The highest BCUT2D eigenvalue weighted by atomic mass is 127. The van der Waals surface area contributed by atoms with Crippen LogP contribution in [0.25, 0.3) is 0 Å². The lowest BCUT2D eigenvalue weighted by Crippen LogP contribution is -2.37. The SMILES string of the molecule is CCCNC(=NCc1ccc(NCCOC)cc1)NCC.I. The van der Waals surface area contributed by atoms with Crippen LogP contribution in [0.5, 0.6) is 0 Å². The van der Waals surface area contributed by atoms with Gasteiger partial charge in [-0.25, -0.2) is 4.99 Å². The van der Waals surface area contributed by atoms with E-state index in [1.54, 1.807) is 7.11 Å². The standard InChI is InChI=1S/C16H28N4O.HI/c1-4-10-19-16(17-5-2)20-13-14-6-8-15(9-7-14)18-11-12-21-3;/h6-9,18H,4-5,10-13H2,1-3H3,(H2,17,19,20);1H. The summed E-state index contributed by atoms with van der Waals surface area (Å²) in [5, 5.41) is 9.85. The van der Waals surface area contributed by atoms with Crippen LogP contribution in [0.15, 0.2) is 29.3 Å². The van der Waals surface area contributed by atoms with Crippen molar-refractivity contribution in [3.05, 3.63) is 29.8 Å². The van der Waals surface area contributed by atoms with Crippen molar-refractivity contribution in [1.29, 1.82) is 0 Å². The van der Waals surface area contributed by atoms with Gasteiger partial charge >= 0.3 is 0 Å². The first kappa shape index (κ1) is 21.0. The molecular formula is C16H29IN4O. The molecule has 0 saturated heterocycles. The number of aliphatic imine (C=N–C) groups is 1. The molecule has 1 aromatic carbocycles. The van der Waals surface area contributed by atoms with Crippen molar-refractivity contribution in [1.82, 2.24) is 10.6 Å². The number of guanidine groups is 1. The fraction of sp³-hybridized carbons (Fsp3) is 0.562. The number of ether oxygens (including phenoxy) is 1. The predicted molar refractivity (Wildman–Crippen MR) is 105 cm³/mol. The average molecular weight is 420 g/mol. The van der Waals surface area contributed by atoms with E-state index in [0.717, 1.165) is 37.7 Å². The van der Waals surface area contributed by atoms with Gasteiger partial charge in [0.1, 0.15) is 0 Å². The van der Waals surface area contributed by atoms with Crippen LogP contribution in [0.2, 0.25) is 0 Å². The van der Waals surface area contributed by atoms with Gasteiger partial charge in [0.2, 0.25) is 0 Å². The third-order valence-electron chi connectivity index (χ3n) is 2.90. The van der Waals surface area contributed by atoms with Crippen LogP contribution in [0, 0.1) is 0 Å². The van der Waals surface area contributed by atoms with E-state index in [4.69, 9.17) is 4.74 Å². The molecule has 22 heavy (non-hydrogen) atoms. The Morgan fingerprint density at radius 1 is 1.09 bits per heavy atom. The molecular weight excluding hydrogens is 391 g/mol. The van der Waals surface area contributed by atoms with Crippen molar-refractivity contribution in [3.8, 4) is 0 Å². The van der Waals surface area contributed by atoms with Crippen LogP contribution in [0.4, 0.5) is 5.69 Å². The van der Waals surface area contributed by atoms with Crippen molar-refractivity contribution in [3.63, 3.8) is 0 Å². The highest BCUT2D eigenvalue weighted by molar-refractivity contribution is 14.0. The van der Waals surface area contributed by atoms with Gasteiger partial charge in [-0.1, -0.05) is 19.1 Å². The first-order chi connectivity index (χ1) is 10.3. The minimum atomic E-state index is 0. The molecule has 0 radical (unpaired) electrons. The number of nitrogens with zero attached hydrogens (tertiary/aromatic N) is 1. The maximum atomic E-state index is 5.01. The van der Waals surface area contributed by atoms with E-state index in [2.05, 4.69) is 59.1 Å². The quantitative estimate of drug-likeness (QED) is 0.249. The number of rotatable bonds is 9. The molecule has 0 heterocycles. The molecule has 6 heteroatoms. The normalized spacial score (nSPS) is 10.8. The molecule has 0 aromatic heterocycles. The predicted octanol–water partition coefficient (Wildman–Crippen LogP) is 2.83. The summed E-state index contributed by atoms with van der Waals surface area (Å²) in [5.41, 5.74) is 2.30. The molecule has 0 saturated carbocycles. The maximum absolute atomic E-state index is 5.01. The molecule has 0 aliphatic heterocycles. The summed E-state index contributed by atoms with van der Waals surface area (Å²) >= 11 is 0. The second-order valence-corrected chi connectivity index (χ2v) is 4.74. The number of anilines is 1. The molecule has 126 valence electrons. The van der Waals surface area contributed by atoms with Crippen LogP contribution in [-0.2, 0) is 11.3 Å². The Bertz CT molecular complexity index is 409.